The third-order valence-corrected chi connectivity index (χ3v) is 6.65. The van der Waals surface area contributed by atoms with Gasteiger partial charge in [0, 0.05) is 0 Å². The van der Waals surface area contributed by atoms with E-state index in [4.69, 9.17) is 0 Å². The second-order valence-corrected chi connectivity index (χ2v) is 10.2. The average molecular weight is 491 g/mol. The van der Waals surface area contributed by atoms with Gasteiger partial charge in [0.05, 0.1) is 0 Å². The van der Waals surface area contributed by atoms with Crippen LogP contribution in [0.2, 0.25) is 0 Å². The van der Waals surface area contributed by atoms with E-state index in [1.807, 2.05) is 13.0 Å². The van der Waals surface area contributed by atoms with Gasteiger partial charge in [-0.05, 0) is 92.7 Å². The fraction of sp³-hybridized carbons (Fsp3) is 0.297. The first kappa shape index (κ1) is 29.8. The molecule has 0 nitrogen and oxygen atoms in total. The molecule has 3 aromatic rings. The van der Waals surface area contributed by atoms with Crippen molar-refractivity contribution < 1.29 is 0 Å². The average Bonchev–Trinajstić information content (AvgIpc) is 2.88. The van der Waals surface area contributed by atoms with Crippen LogP contribution in [-0.2, 0) is 12.8 Å². The van der Waals surface area contributed by atoms with E-state index in [9.17, 15) is 0 Å². The molecule has 0 bridgehead atoms. The van der Waals surface area contributed by atoms with Crippen LogP contribution in [0.5, 0.6) is 0 Å². The predicted molar refractivity (Wildman–Crippen MR) is 167 cm³/mol. The van der Waals surface area contributed by atoms with E-state index < -0.39 is 0 Å². The lowest BCUT2D eigenvalue weighted by Crippen LogP contribution is -2.00. The van der Waals surface area contributed by atoms with Crippen molar-refractivity contribution in [3.63, 3.8) is 0 Å². The van der Waals surface area contributed by atoms with Gasteiger partial charge in [-0.25, -0.2) is 0 Å². The van der Waals surface area contributed by atoms with E-state index in [-0.39, 0.29) is 0 Å². The van der Waals surface area contributed by atoms with Crippen molar-refractivity contribution in [2.24, 2.45) is 5.92 Å². The van der Waals surface area contributed by atoms with Gasteiger partial charge in [-0.3, -0.25) is 0 Å². The minimum atomic E-state index is 0.570. The first-order valence-electron chi connectivity index (χ1n) is 13.6. The van der Waals surface area contributed by atoms with Gasteiger partial charge in [-0.15, -0.1) is 0 Å². The van der Waals surface area contributed by atoms with Crippen molar-refractivity contribution in [3.8, 4) is 11.1 Å². The van der Waals surface area contributed by atoms with Gasteiger partial charge < -0.3 is 0 Å². The first-order valence-corrected chi connectivity index (χ1v) is 13.6. The van der Waals surface area contributed by atoms with Crippen LogP contribution >= 0.6 is 0 Å². The summed E-state index contributed by atoms with van der Waals surface area (Å²) < 4.78 is 0. The van der Waals surface area contributed by atoms with Crippen LogP contribution in [0.4, 0.5) is 0 Å². The monoisotopic (exact) mass is 490 g/mol. The van der Waals surface area contributed by atoms with E-state index in [0.717, 1.165) is 24.0 Å². The second kappa shape index (κ2) is 15.7. The maximum Gasteiger partial charge on any atom is -0.0152 e. The Kier molecular flexibility index (Phi) is 12.6. The summed E-state index contributed by atoms with van der Waals surface area (Å²) in [4.78, 5) is 0. The highest BCUT2D eigenvalue weighted by atomic mass is 14.2. The highest BCUT2D eigenvalue weighted by Crippen LogP contribution is 2.31. The number of allylic oxidation sites excluding steroid dienone is 6. The van der Waals surface area contributed by atoms with Gasteiger partial charge in [0.25, 0.3) is 0 Å². The minimum absolute atomic E-state index is 0.570. The molecule has 1 atom stereocenters. The van der Waals surface area contributed by atoms with Crippen LogP contribution in [0.15, 0.2) is 110 Å². The van der Waals surface area contributed by atoms with Gasteiger partial charge >= 0.3 is 0 Å². The lowest BCUT2D eigenvalue weighted by Gasteiger charge is -2.17. The van der Waals surface area contributed by atoms with Gasteiger partial charge in [0.1, 0.15) is 0 Å². The van der Waals surface area contributed by atoms with Crippen LogP contribution in [-0.4, -0.2) is 0 Å². The summed E-state index contributed by atoms with van der Waals surface area (Å²) in [7, 11) is 0. The van der Waals surface area contributed by atoms with E-state index >= 15 is 0 Å². The molecule has 37 heavy (non-hydrogen) atoms. The molecule has 0 N–H and O–H groups in total. The number of benzene rings is 3. The smallest absolute Gasteiger partial charge is 0.0152 e. The Morgan fingerprint density at radius 3 is 2.22 bits per heavy atom. The molecule has 0 aliphatic rings. The second-order valence-electron chi connectivity index (χ2n) is 10.2. The molecule has 0 radical (unpaired) electrons. The Hall–Kier alpha value is -3.38. The third-order valence-electron chi connectivity index (χ3n) is 6.65. The van der Waals surface area contributed by atoms with E-state index in [2.05, 4.69) is 133 Å². The SMILES string of the molecule is C=C(C)/C=C\C=C/C(C)CCCc1c(C(=C)C)ccc(-c2ccccc2)c1C.CCc1cccc(C)c1. The number of hydrogen-bond acceptors (Lipinski definition) is 0. The maximum absolute atomic E-state index is 4.21. The fourth-order valence-corrected chi connectivity index (χ4v) is 4.51. The predicted octanol–water partition coefficient (Wildman–Crippen LogP) is 10.9. The lowest BCUT2D eigenvalue weighted by atomic mass is 9.87. The molecule has 0 saturated heterocycles. The molecule has 0 heterocycles. The normalized spacial score (nSPS) is 11.8. The molecule has 194 valence electrons. The zero-order valence-electron chi connectivity index (χ0n) is 24.0. The summed E-state index contributed by atoms with van der Waals surface area (Å²) in [5.74, 6) is 0.570. The van der Waals surface area contributed by atoms with Crippen LogP contribution in [0.25, 0.3) is 16.7 Å². The minimum Gasteiger partial charge on any atom is -0.0961 e. The molecule has 3 rings (SSSR count). The summed E-state index contributed by atoms with van der Waals surface area (Å²) in [6.07, 6.45) is 13.1. The van der Waals surface area contributed by atoms with Crippen LogP contribution in [0, 0.1) is 19.8 Å². The number of aryl methyl sites for hydroxylation is 2. The largest absolute Gasteiger partial charge is 0.0961 e. The summed E-state index contributed by atoms with van der Waals surface area (Å²) in [6.45, 7) is 21.1. The molecular formula is C37H46. The van der Waals surface area contributed by atoms with Crippen molar-refractivity contribution in [1.29, 1.82) is 0 Å². The van der Waals surface area contributed by atoms with Crippen molar-refractivity contribution in [2.45, 2.75) is 67.2 Å². The molecule has 0 aromatic heterocycles. The Morgan fingerprint density at radius 2 is 1.62 bits per heavy atom. The first-order chi connectivity index (χ1) is 17.7. The highest BCUT2D eigenvalue weighted by molar-refractivity contribution is 5.75. The maximum atomic E-state index is 4.21. The van der Waals surface area contributed by atoms with Crippen molar-refractivity contribution in [1.82, 2.24) is 0 Å². The van der Waals surface area contributed by atoms with E-state index in [1.165, 1.54) is 51.8 Å². The summed E-state index contributed by atoms with van der Waals surface area (Å²) in [5.41, 5.74) is 11.8. The van der Waals surface area contributed by atoms with Gasteiger partial charge in [-0.2, -0.15) is 0 Å². The van der Waals surface area contributed by atoms with Crippen molar-refractivity contribution >= 4 is 5.57 Å². The van der Waals surface area contributed by atoms with E-state index in [1.54, 1.807) is 0 Å². The lowest BCUT2D eigenvalue weighted by molar-refractivity contribution is 0.605. The Balaban J connectivity index is 0.000000449. The zero-order valence-corrected chi connectivity index (χ0v) is 24.0. The Labute approximate surface area is 227 Å². The topological polar surface area (TPSA) is 0 Å². The molecule has 0 fully saturated rings. The molecule has 0 heteroatoms. The highest BCUT2D eigenvalue weighted by Gasteiger charge is 2.12. The molecular weight excluding hydrogens is 444 g/mol. The number of hydrogen-bond donors (Lipinski definition) is 0. The van der Waals surface area contributed by atoms with Crippen molar-refractivity contribution in [2.75, 3.05) is 0 Å². The summed E-state index contributed by atoms with van der Waals surface area (Å²) in [5, 5.41) is 0. The Bertz CT molecular complexity index is 1200. The van der Waals surface area contributed by atoms with Crippen molar-refractivity contribution in [3.05, 3.63) is 138 Å². The molecule has 0 saturated carbocycles. The van der Waals surface area contributed by atoms with Crippen LogP contribution in [0.1, 0.15) is 68.4 Å². The zero-order chi connectivity index (χ0) is 27.2. The van der Waals surface area contributed by atoms with Gasteiger partial charge in [0.15, 0.2) is 0 Å². The van der Waals surface area contributed by atoms with Gasteiger partial charge in [0.2, 0.25) is 0 Å². The summed E-state index contributed by atoms with van der Waals surface area (Å²) in [6, 6.07) is 23.8. The molecule has 0 spiro atoms. The van der Waals surface area contributed by atoms with Crippen LogP contribution in [0.3, 0.4) is 0 Å². The molecule has 0 aliphatic heterocycles. The fourth-order valence-electron chi connectivity index (χ4n) is 4.51. The molecule has 0 aliphatic carbocycles. The van der Waals surface area contributed by atoms with Crippen LogP contribution < -0.4 is 0 Å². The van der Waals surface area contributed by atoms with Gasteiger partial charge in [-0.1, -0.05) is 135 Å². The van der Waals surface area contributed by atoms with E-state index in [0.29, 0.717) is 5.92 Å². The third kappa shape index (κ3) is 10.3. The quantitative estimate of drug-likeness (QED) is 0.248. The Morgan fingerprint density at radius 1 is 0.892 bits per heavy atom. The number of rotatable bonds is 10. The standard InChI is InChI=1S/C28H34.C9H12/c1-21(2)13-10-11-14-23(5)15-12-18-28-24(6)27(20-19-26(28)22(3)4)25-16-8-7-9-17-25;1-3-9-6-4-5-8(2)7-9/h7-11,13-14,16-17,19-20,23H,1,3,12,15,18H2,2,4-6H3;4-7H,3H2,1-2H3/b13-10-,14-11-;. The summed E-state index contributed by atoms with van der Waals surface area (Å²) >= 11 is 0. The molecule has 1 unspecified atom stereocenters. The molecule has 0 amide bonds. The molecule has 3 aromatic carbocycles.